The summed E-state index contributed by atoms with van der Waals surface area (Å²) in [5.41, 5.74) is 8.57. The number of methoxy groups -OCH3 is 1. The number of nitrogens with zero attached hydrogens (tertiary/aromatic N) is 3. The van der Waals surface area contributed by atoms with Gasteiger partial charge in [-0.2, -0.15) is 0 Å². The molecule has 11 bridgehead atoms. The van der Waals surface area contributed by atoms with Gasteiger partial charge in [0.2, 0.25) is 65.0 Å². The SMILES string of the molecule is COc1ccc(C[C@@H]2NC(=O)[C@H]([C@@H](C)O)NC(=O)[C@@H]3[C@@H]4CCN3C(=O)[C@@H]3Cc5cn(c6ccc(F)cc56)CCCCOc5cc(ccc5CNC(=O)CCC(=O)N[C@@H](C)C(=O)N[C@H](CN)C(=O)N[C@@H](Cc5cccc(c5)CNC(=O)CO4)C(=O)N3)CCNC(=O)[C@]3(C)CCCN3C2=O)cc1. The van der Waals surface area contributed by atoms with E-state index in [0.717, 1.165) is 10.5 Å². The number of amides is 11. The van der Waals surface area contributed by atoms with Crippen LogP contribution in [0.1, 0.15) is 99.1 Å². The van der Waals surface area contributed by atoms with Crippen LogP contribution in [-0.2, 0) is 103 Å². The van der Waals surface area contributed by atoms with Gasteiger partial charge in [-0.15, -0.1) is 0 Å². The lowest BCUT2D eigenvalue weighted by Crippen LogP contribution is -2.64. The van der Waals surface area contributed by atoms with Crippen LogP contribution in [0.25, 0.3) is 10.9 Å². The number of aliphatic hydroxyl groups is 1. The van der Waals surface area contributed by atoms with E-state index in [1.54, 1.807) is 79.9 Å². The minimum atomic E-state index is -1.84. The number of fused-ring (bicyclic) bond motifs is 11. The number of nitrogens with two attached hydrogens (primary N) is 1. The van der Waals surface area contributed by atoms with Crippen molar-refractivity contribution < 1.29 is 76.4 Å². The summed E-state index contributed by atoms with van der Waals surface area (Å²) < 4.78 is 35.6. The number of hydrogen-bond donors (Lipinski definition) is 11. The highest BCUT2D eigenvalue weighted by molar-refractivity contribution is 6.00. The van der Waals surface area contributed by atoms with Crippen molar-refractivity contribution >= 4 is 75.9 Å². The van der Waals surface area contributed by atoms with E-state index < -0.39 is 144 Å². The highest BCUT2D eigenvalue weighted by atomic mass is 19.1. The van der Waals surface area contributed by atoms with E-state index in [1.165, 1.54) is 38.0 Å². The maximum absolute atomic E-state index is 16.0. The predicted octanol–water partition coefficient (Wildman–Crippen LogP) is 0.0236. The summed E-state index contributed by atoms with van der Waals surface area (Å²) in [5.74, 6) is -8.27. The quantitative estimate of drug-likeness (QED) is 0.111. The number of ether oxygens (including phenoxy) is 3. The first-order valence-corrected chi connectivity index (χ1v) is 34.0. The normalized spacial score (nSPS) is 26.1. The Bertz CT molecular complexity index is 3900. The van der Waals surface area contributed by atoms with E-state index in [9.17, 15) is 33.9 Å². The average Bonchev–Trinajstić information content (AvgIpc) is 1.59. The predicted molar refractivity (Wildman–Crippen MR) is 360 cm³/mol. The van der Waals surface area contributed by atoms with Gasteiger partial charge in [-0.05, 0) is 124 Å². The van der Waals surface area contributed by atoms with E-state index >= 15 is 28.4 Å². The fourth-order valence-corrected chi connectivity index (χ4v) is 13.5. The summed E-state index contributed by atoms with van der Waals surface area (Å²) in [5, 5.41) is 36.7. The molecule has 12 N–H and O–H groups in total. The number of rotatable bonds is 5. The van der Waals surface area contributed by atoms with E-state index in [-0.39, 0.29) is 84.3 Å². The zero-order chi connectivity index (χ0) is 71.4. The van der Waals surface area contributed by atoms with Crippen LogP contribution < -0.4 is 63.1 Å². The maximum Gasteiger partial charge on any atom is 0.246 e. The van der Waals surface area contributed by atoms with Crippen molar-refractivity contribution in [1.29, 1.82) is 0 Å². The van der Waals surface area contributed by atoms with E-state index in [0.29, 0.717) is 82.4 Å². The highest BCUT2D eigenvalue weighted by Crippen LogP contribution is 2.32. The Kier molecular flexibility index (Phi) is 23.8. The topological polar surface area (TPSA) is 381 Å². The molecule has 29 heteroatoms. The van der Waals surface area contributed by atoms with Gasteiger partial charge >= 0.3 is 0 Å². The van der Waals surface area contributed by atoms with Crippen molar-refractivity contribution in [2.75, 3.05) is 46.5 Å². The van der Waals surface area contributed by atoms with Crippen LogP contribution >= 0.6 is 0 Å². The molecule has 5 aliphatic rings. The Hall–Kier alpha value is -10.00. The third-order valence-corrected chi connectivity index (χ3v) is 19.1. The number of carbonyl (C=O) groups is 11. The van der Waals surface area contributed by atoms with Crippen molar-refractivity contribution in [2.45, 2.75) is 171 Å². The van der Waals surface area contributed by atoms with Crippen LogP contribution in [0.2, 0.25) is 0 Å². The molecule has 0 unspecified atom stereocenters. The Morgan fingerprint density at radius 2 is 1.43 bits per heavy atom. The van der Waals surface area contributed by atoms with Crippen LogP contribution in [0.3, 0.4) is 0 Å². The standard InChI is InChI=1S/C71H88FN13O15/c1-40-63(90)81-54(35-73)65(92)78-51-31-44-9-7-10-45(29-44)36-75-60(89)39-100-56-22-27-84-62(56)67(94)82-61(41(2)86)66(93)80-52(30-42-12-16-49(98-4)17-13-42)69(96)85-26-8-23-71(85,3)70(97)74-24-21-43-11-14-46(37-76-58(87)19-20-59(88)77-40)57(32-43)99-28-6-5-25-83-38-47(33-53(68(84)95)79-64(51)91)50-34-48(72)15-18-55(50)83/h7,9-18,29,32,34,38,40-41,51-54,56,61-62,86H,5-6,8,19-28,30-31,33,35-37,39,73H2,1-4H3,(H,74,97)(H,75,89)(H,76,87)(H,77,88)(H,78,92)(H,79,91)(H,80,93)(H,81,90)(H,82,94)/t40-,41+,51-,52-,53-,54+,56-,61-,62-,71-/m0/s1. The van der Waals surface area contributed by atoms with Gasteiger partial charge in [-0.25, -0.2) is 4.39 Å². The third kappa shape index (κ3) is 17.7. The molecule has 534 valence electrons. The summed E-state index contributed by atoms with van der Waals surface area (Å²) in [7, 11) is 1.49. The van der Waals surface area contributed by atoms with Crippen molar-refractivity contribution in [3.05, 3.63) is 130 Å². The summed E-state index contributed by atoms with van der Waals surface area (Å²) in [4.78, 5) is 163. The summed E-state index contributed by atoms with van der Waals surface area (Å²) in [6, 6.07) is 12.1. The molecule has 4 aromatic carbocycles. The van der Waals surface area contributed by atoms with E-state index in [2.05, 4.69) is 47.9 Å². The van der Waals surface area contributed by atoms with Crippen LogP contribution in [0, 0.1) is 5.82 Å². The Balaban J connectivity index is 1.09. The second-order valence-corrected chi connectivity index (χ2v) is 26.3. The zero-order valence-corrected chi connectivity index (χ0v) is 56.5. The molecule has 10 rings (SSSR count). The smallest absolute Gasteiger partial charge is 0.246 e. The molecule has 5 aliphatic heterocycles. The first-order valence-electron chi connectivity index (χ1n) is 34.0. The molecule has 2 fully saturated rings. The fraction of sp³-hybridized carbons (Fsp3) is 0.479. The molecule has 100 heavy (non-hydrogen) atoms. The number of aryl methyl sites for hydroxylation is 1. The number of halogens is 1. The minimum absolute atomic E-state index is 0.0140. The maximum atomic E-state index is 16.0. The second-order valence-electron chi connectivity index (χ2n) is 26.3. The van der Waals surface area contributed by atoms with Crippen LogP contribution in [0.4, 0.5) is 4.39 Å². The highest BCUT2D eigenvalue weighted by Gasteiger charge is 2.50. The summed E-state index contributed by atoms with van der Waals surface area (Å²) >= 11 is 0. The first kappa shape index (κ1) is 72.7. The van der Waals surface area contributed by atoms with Crippen LogP contribution in [-0.4, -0.2) is 191 Å². The molecule has 11 amide bonds. The minimum Gasteiger partial charge on any atom is -0.497 e. The molecule has 0 saturated carbocycles. The molecule has 10 atom stereocenters. The van der Waals surface area contributed by atoms with Gasteiger partial charge in [0, 0.05) is 101 Å². The molecular formula is C71H88FN13O15. The summed E-state index contributed by atoms with van der Waals surface area (Å²) in [6.07, 6.45) is -0.759. The largest absolute Gasteiger partial charge is 0.497 e. The summed E-state index contributed by atoms with van der Waals surface area (Å²) in [6.45, 7) is 3.54. The van der Waals surface area contributed by atoms with Gasteiger partial charge in [0.15, 0.2) is 0 Å². The number of benzene rings is 4. The first-order chi connectivity index (χ1) is 48.0. The van der Waals surface area contributed by atoms with Crippen LogP contribution in [0.15, 0.2) is 91.1 Å². The molecule has 28 nitrogen and oxygen atoms in total. The van der Waals surface area contributed by atoms with Crippen LogP contribution in [0.5, 0.6) is 11.5 Å². The van der Waals surface area contributed by atoms with Gasteiger partial charge in [0.1, 0.15) is 71.8 Å². The van der Waals surface area contributed by atoms with Crippen molar-refractivity contribution in [1.82, 2.24) is 62.2 Å². The molecule has 1 aromatic heterocycles. The Morgan fingerprint density at radius 1 is 0.680 bits per heavy atom. The number of aromatic nitrogens is 1. The van der Waals surface area contributed by atoms with Crippen molar-refractivity contribution in [3.8, 4) is 11.5 Å². The average molecular weight is 1380 g/mol. The van der Waals surface area contributed by atoms with E-state index in [1.807, 2.05) is 10.6 Å². The Labute approximate surface area is 577 Å². The number of hydrogen-bond acceptors (Lipinski definition) is 16. The van der Waals surface area contributed by atoms with Gasteiger partial charge in [-0.3, -0.25) is 52.7 Å². The molecule has 0 spiro atoms. The molecular weight excluding hydrogens is 1290 g/mol. The lowest BCUT2D eigenvalue weighted by molar-refractivity contribution is -0.148. The van der Waals surface area contributed by atoms with Gasteiger partial charge in [-0.1, -0.05) is 48.5 Å². The third-order valence-electron chi connectivity index (χ3n) is 19.1. The van der Waals surface area contributed by atoms with Gasteiger partial charge in [0.05, 0.1) is 25.9 Å². The number of nitrogens with one attached hydrogen (secondary N) is 9. The molecule has 6 heterocycles. The monoisotopic (exact) mass is 1380 g/mol. The second kappa shape index (κ2) is 32.8. The molecule has 2 saturated heterocycles. The Morgan fingerprint density at radius 3 is 2.20 bits per heavy atom. The number of aliphatic hydroxyl groups excluding tert-OH is 1. The molecule has 5 aromatic rings. The zero-order valence-electron chi connectivity index (χ0n) is 56.5. The molecule has 0 radical (unpaired) electrons. The lowest BCUT2D eigenvalue weighted by atomic mass is 9.95. The van der Waals surface area contributed by atoms with Crippen molar-refractivity contribution in [2.24, 2.45) is 5.73 Å². The van der Waals surface area contributed by atoms with Gasteiger partial charge in [0.25, 0.3) is 0 Å². The number of carbonyl (C=O) groups excluding carboxylic acids is 11. The fourth-order valence-electron chi connectivity index (χ4n) is 13.5. The lowest BCUT2D eigenvalue weighted by Gasteiger charge is -2.37. The molecule has 0 aliphatic carbocycles. The van der Waals surface area contributed by atoms with E-state index in [4.69, 9.17) is 19.9 Å². The van der Waals surface area contributed by atoms with Gasteiger partial charge < -0.3 is 87.3 Å². The van der Waals surface area contributed by atoms with Crippen molar-refractivity contribution in [3.63, 3.8) is 0 Å².